The van der Waals surface area contributed by atoms with E-state index in [-0.39, 0.29) is 5.03 Å². The fourth-order valence-corrected chi connectivity index (χ4v) is 0.241. The lowest BCUT2D eigenvalue weighted by atomic mass is 10.5. The second-order valence-corrected chi connectivity index (χ2v) is 1.34. The van der Waals surface area contributed by atoms with Crippen molar-refractivity contribution < 1.29 is 4.79 Å². The van der Waals surface area contributed by atoms with Gasteiger partial charge in [0.15, 0.2) is 6.29 Å². The molecular formula is C5H5ClO. The predicted molar refractivity (Wildman–Crippen MR) is 30.2 cm³/mol. The Kier molecular flexibility index (Phi) is 3.33. The Balaban J connectivity index is 3.72. The maximum atomic E-state index is 9.65. The van der Waals surface area contributed by atoms with Gasteiger partial charge in [-0.05, 0) is 6.08 Å². The molecule has 7 heavy (non-hydrogen) atoms. The van der Waals surface area contributed by atoms with Crippen LogP contribution in [0, 0.1) is 0 Å². The number of carbonyl (C=O) groups excluding carboxylic acids is 1. The highest BCUT2D eigenvalue weighted by Crippen LogP contribution is 1.93. The van der Waals surface area contributed by atoms with Crippen molar-refractivity contribution in [3.8, 4) is 0 Å². The van der Waals surface area contributed by atoms with Crippen LogP contribution in [0.4, 0.5) is 0 Å². The number of hydrogen-bond donors (Lipinski definition) is 0. The van der Waals surface area contributed by atoms with Gasteiger partial charge in [0.2, 0.25) is 0 Å². The third-order valence-corrected chi connectivity index (χ3v) is 0.605. The molecule has 0 aromatic heterocycles. The van der Waals surface area contributed by atoms with Crippen molar-refractivity contribution in [1.82, 2.24) is 0 Å². The minimum atomic E-state index is 0.176. The van der Waals surface area contributed by atoms with Gasteiger partial charge in [-0.25, -0.2) is 0 Å². The summed E-state index contributed by atoms with van der Waals surface area (Å²) in [7, 11) is 0. The topological polar surface area (TPSA) is 17.1 Å². The molecule has 0 unspecified atom stereocenters. The first-order valence-corrected chi connectivity index (χ1v) is 2.12. The lowest BCUT2D eigenvalue weighted by Gasteiger charge is -1.72. The highest BCUT2D eigenvalue weighted by Gasteiger charge is 1.78. The number of hydrogen-bond acceptors (Lipinski definition) is 1. The second-order valence-electron chi connectivity index (χ2n) is 0.905. The van der Waals surface area contributed by atoms with Gasteiger partial charge >= 0.3 is 0 Å². The van der Waals surface area contributed by atoms with Crippen LogP contribution in [-0.4, -0.2) is 6.29 Å². The average molecular weight is 117 g/mol. The molecule has 0 aliphatic rings. The zero-order chi connectivity index (χ0) is 5.70. The Morgan fingerprint density at radius 2 is 2.29 bits per heavy atom. The summed E-state index contributed by atoms with van der Waals surface area (Å²) in [4.78, 5) is 9.65. The van der Waals surface area contributed by atoms with Crippen molar-refractivity contribution in [2.45, 2.75) is 0 Å². The van der Waals surface area contributed by atoms with Crippen LogP contribution >= 0.6 is 11.6 Å². The maximum absolute atomic E-state index is 9.65. The summed E-state index contributed by atoms with van der Waals surface area (Å²) in [5.41, 5.74) is 0. The zero-order valence-corrected chi connectivity index (χ0v) is 4.48. The first-order valence-electron chi connectivity index (χ1n) is 1.74. The number of allylic oxidation sites excluding steroid dienone is 3. The molecule has 0 bridgehead atoms. The van der Waals surface area contributed by atoms with Crippen molar-refractivity contribution in [3.63, 3.8) is 0 Å². The smallest absolute Gasteiger partial charge is 0.161 e. The molecular weight excluding hydrogens is 112 g/mol. The van der Waals surface area contributed by atoms with E-state index in [0.29, 0.717) is 6.29 Å². The van der Waals surface area contributed by atoms with Crippen LogP contribution in [0.2, 0.25) is 0 Å². The summed E-state index contributed by atoms with van der Waals surface area (Å²) in [5.74, 6) is 0. The molecule has 0 spiro atoms. The molecule has 0 aliphatic carbocycles. The van der Waals surface area contributed by atoms with Gasteiger partial charge in [0.1, 0.15) is 0 Å². The average Bonchev–Trinajstić information content (AvgIpc) is 1.68. The summed E-state index contributed by atoms with van der Waals surface area (Å²) in [6.07, 6.45) is 3.44. The SMILES string of the molecule is C=CC=C(Cl)C=O. The van der Waals surface area contributed by atoms with Gasteiger partial charge in [-0.15, -0.1) is 0 Å². The van der Waals surface area contributed by atoms with Gasteiger partial charge in [-0.1, -0.05) is 24.3 Å². The molecule has 0 rings (SSSR count). The predicted octanol–water partition coefficient (Wildman–Crippen LogP) is 1.49. The molecule has 0 saturated carbocycles. The molecule has 0 heterocycles. The lowest BCUT2D eigenvalue weighted by Crippen LogP contribution is -1.66. The normalized spacial score (nSPS) is 10.7. The van der Waals surface area contributed by atoms with Gasteiger partial charge in [0, 0.05) is 0 Å². The van der Waals surface area contributed by atoms with Crippen LogP contribution in [0.1, 0.15) is 0 Å². The Morgan fingerprint density at radius 1 is 1.71 bits per heavy atom. The van der Waals surface area contributed by atoms with Crippen LogP contribution in [0.3, 0.4) is 0 Å². The summed E-state index contributed by atoms with van der Waals surface area (Å²) in [6.45, 7) is 3.33. The molecule has 0 atom stereocenters. The van der Waals surface area contributed by atoms with Gasteiger partial charge in [-0.2, -0.15) is 0 Å². The van der Waals surface area contributed by atoms with Crippen molar-refractivity contribution in [3.05, 3.63) is 23.8 Å². The molecule has 0 fully saturated rings. The molecule has 0 aromatic rings. The Labute approximate surface area is 47.3 Å². The summed E-state index contributed by atoms with van der Waals surface area (Å²) < 4.78 is 0. The van der Waals surface area contributed by atoms with Crippen molar-refractivity contribution in [2.75, 3.05) is 0 Å². The highest BCUT2D eigenvalue weighted by molar-refractivity contribution is 6.38. The quantitative estimate of drug-likeness (QED) is 0.304. The van der Waals surface area contributed by atoms with E-state index in [9.17, 15) is 4.79 Å². The van der Waals surface area contributed by atoms with Crippen LogP contribution < -0.4 is 0 Å². The fourth-order valence-electron chi connectivity index (χ4n) is 0.152. The molecule has 0 N–H and O–H groups in total. The van der Waals surface area contributed by atoms with Gasteiger partial charge in [-0.3, -0.25) is 4.79 Å². The van der Waals surface area contributed by atoms with Gasteiger partial charge < -0.3 is 0 Å². The summed E-state index contributed by atoms with van der Waals surface area (Å²) in [6, 6.07) is 0. The second kappa shape index (κ2) is 3.62. The number of carbonyl (C=O) groups is 1. The van der Waals surface area contributed by atoms with E-state index in [1.807, 2.05) is 0 Å². The molecule has 0 radical (unpaired) electrons. The lowest BCUT2D eigenvalue weighted by molar-refractivity contribution is -0.104. The largest absolute Gasteiger partial charge is 0.297 e. The van der Waals surface area contributed by atoms with E-state index < -0.39 is 0 Å². The molecule has 2 heteroatoms. The Hall–Kier alpha value is -0.560. The monoisotopic (exact) mass is 116 g/mol. The highest BCUT2D eigenvalue weighted by atomic mass is 35.5. The fraction of sp³-hybridized carbons (Fsp3) is 0. The van der Waals surface area contributed by atoms with E-state index in [1.165, 1.54) is 12.2 Å². The number of halogens is 1. The van der Waals surface area contributed by atoms with E-state index in [0.717, 1.165) is 0 Å². The van der Waals surface area contributed by atoms with Crippen LogP contribution in [0.25, 0.3) is 0 Å². The molecule has 0 aliphatic heterocycles. The summed E-state index contributed by atoms with van der Waals surface area (Å²) >= 11 is 5.19. The molecule has 0 amide bonds. The minimum Gasteiger partial charge on any atom is -0.297 e. The number of aldehydes is 1. The standard InChI is InChI=1S/C5H5ClO/c1-2-3-5(6)4-7/h2-4H,1H2. The summed E-state index contributed by atoms with van der Waals surface area (Å²) in [5, 5.41) is 0.176. The van der Waals surface area contributed by atoms with Gasteiger partial charge in [0.05, 0.1) is 5.03 Å². The van der Waals surface area contributed by atoms with E-state index in [1.54, 1.807) is 0 Å². The molecule has 1 nitrogen and oxygen atoms in total. The van der Waals surface area contributed by atoms with Crippen molar-refractivity contribution in [1.29, 1.82) is 0 Å². The maximum Gasteiger partial charge on any atom is 0.161 e. The van der Waals surface area contributed by atoms with Crippen LogP contribution in [0.15, 0.2) is 23.8 Å². The number of rotatable bonds is 2. The van der Waals surface area contributed by atoms with Crippen molar-refractivity contribution in [2.24, 2.45) is 0 Å². The van der Waals surface area contributed by atoms with Crippen molar-refractivity contribution >= 4 is 17.9 Å². The van der Waals surface area contributed by atoms with E-state index in [4.69, 9.17) is 11.6 Å². The zero-order valence-electron chi connectivity index (χ0n) is 3.73. The molecule has 0 aromatic carbocycles. The first kappa shape index (κ1) is 6.44. The van der Waals surface area contributed by atoms with E-state index >= 15 is 0 Å². The van der Waals surface area contributed by atoms with E-state index in [2.05, 4.69) is 6.58 Å². The third-order valence-electron chi connectivity index (χ3n) is 0.390. The first-order chi connectivity index (χ1) is 3.31. The Bertz CT molecular complexity index is 105. The molecule has 38 valence electrons. The van der Waals surface area contributed by atoms with Crippen LogP contribution in [-0.2, 0) is 4.79 Å². The van der Waals surface area contributed by atoms with Gasteiger partial charge in [0.25, 0.3) is 0 Å². The van der Waals surface area contributed by atoms with Crippen LogP contribution in [0.5, 0.6) is 0 Å². The minimum absolute atomic E-state index is 0.176. The molecule has 0 saturated heterocycles. The third kappa shape index (κ3) is 3.27. The Morgan fingerprint density at radius 3 is 2.43 bits per heavy atom.